The second-order valence-electron chi connectivity index (χ2n) is 13.4. The molecule has 2 bridgehead atoms. The molecule has 2 aromatic carbocycles. The zero-order valence-electron chi connectivity index (χ0n) is 29.8. The van der Waals surface area contributed by atoms with Crippen LogP contribution >= 0.6 is 0 Å². The standard InChI is InChI=1S/C38H51N7O5/c1-6-19-45-24-31(26(4)43-45)38(50)44-20-11-10-18-39-34(46)27(5)40-36(48)32(21-25(2)3)42-37(49)33(22-28-12-8-7-9-13-28)41-35(47)30-16-14-29(23-44)15-17-30/h7-9,12-17,24-25,27,32-33H,6,10-11,18-23H2,1-5H3,(H,39,46)(H,40,48)(H,41,47)(H,42,49)/t27-,32+,33-/m1/s1. The van der Waals surface area contributed by atoms with Crippen LogP contribution in [-0.4, -0.2) is 75.4 Å². The van der Waals surface area contributed by atoms with Gasteiger partial charge in [-0.1, -0.05) is 63.2 Å². The number of hydrogen-bond donors (Lipinski definition) is 4. The molecule has 0 saturated heterocycles. The largest absolute Gasteiger partial charge is 0.354 e. The lowest BCUT2D eigenvalue weighted by Crippen LogP contribution is -2.57. The summed E-state index contributed by atoms with van der Waals surface area (Å²) < 4.78 is 1.79. The second-order valence-corrected chi connectivity index (χ2v) is 13.4. The maximum Gasteiger partial charge on any atom is 0.257 e. The Morgan fingerprint density at radius 3 is 2.28 bits per heavy atom. The van der Waals surface area contributed by atoms with Crippen molar-refractivity contribution in [1.29, 1.82) is 0 Å². The normalized spacial score (nSPS) is 20.0. The smallest absolute Gasteiger partial charge is 0.257 e. The van der Waals surface area contributed by atoms with Crippen LogP contribution in [0, 0.1) is 12.8 Å². The Balaban J connectivity index is 1.63. The van der Waals surface area contributed by atoms with E-state index in [2.05, 4.69) is 33.3 Å². The van der Waals surface area contributed by atoms with Crippen LogP contribution in [0.2, 0.25) is 0 Å². The average Bonchev–Trinajstić information content (AvgIpc) is 3.46. The van der Waals surface area contributed by atoms with E-state index in [0.717, 1.165) is 17.5 Å². The fourth-order valence-corrected chi connectivity index (χ4v) is 5.92. The Morgan fingerprint density at radius 2 is 1.60 bits per heavy atom. The van der Waals surface area contributed by atoms with Crippen LogP contribution in [0.4, 0.5) is 0 Å². The predicted molar refractivity (Wildman–Crippen MR) is 191 cm³/mol. The molecule has 3 heterocycles. The summed E-state index contributed by atoms with van der Waals surface area (Å²) >= 11 is 0. The molecule has 2 aliphatic rings. The van der Waals surface area contributed by atoms with Crippen LogP contribution in [0.5, 0.6) is 0 Å². The van der Waals surface area contributed by atoms with Crippen molar-refractivity contribution in [3.63, 3.8) is 0 Å². The molecule has 0 spiro atoms. The van der Waals surface area contributed by atoms with E-state index in [0.29, 0.717) is 62.3 Å². The second kappa shape index (κ2) is 18.1. The number of aryl methyl sites for hydroxylation is 2. The Bertz CT molecular complexity index is 1620. The maximum atomic E-state index is 13.8. The highest BCUT2D eigenvalue weighted by Crippen LogP contribution is 2.16. The van der Waals surface area contributed by atoms with Crippen molar-refractivity contribution in [3.05, 3.63) is 88.7 Å². The number of amides is 5. The number of nitrogens with zero attached hydrogens (tertiary/aromatic N) is 3. The minimum absolute atomic E-state index is 0.0632. The number of benzene rings is 2. The van der Waals surface area contributed by atoms with Gasteiger partial charge in [0.1, 0.15) is 18.1 Å². The predicted octanol–water partition coefficient (Wildman–Crippen LogP) is 3.53. The van der Waals surface area contributed by atoms with Crippen LogP contribution < -0.4 is 21.3 Å². The number of carbonyl (C=O) groups is 5. The van der Waals surface area contributed by atoms with E-state index in [-0.39, 0.29) is 24.2 Å². The fraction of sp³-hybridized carbons (Fsp3) is 0.474. The Labute approximate surface area is 294 Å². The van der Waals surface area contributed by atoms with Crippen molar-refractivity contribution in [3.8, 4) is 0 Å². The Kier molecular flexibility index (Phi) is 13.7. The molecule has 12 heteroatoms. The van der Waals surface area contributed by atoms with Gasteiger partial charge in [0.05, 0.1) is 11.3 Å². The molecule has 50 heavy (non-hydrogen) atoms. The molecule has 0 radical (unpaired) electrons. The summed E-state index contributed by atoms with van der Waals surface area (Å²) in [5, 5.41) is 15.9. The van der Waals surface area contributed by atoms with Crippen LogP contribution in [0.3, 0.4) is 0 Å². The van der Waals surface area contributed by atoms with Gasteiger partial charge in [0.15, 0.2) is 0 Å². The summed E-state index contributed by atoms with van der Waals surface area (Å²) in [6.45, 7) is 11.2. The van der Waals surface area contributed by atoms with E-state index in [1.807, 2.05) is 63.2 Å². The van der Waals surface area contributed by atoms with Gasteiger partial charge in [0.25, 0.3) is 11.8 Å². The number of rotatable bonds is 7. The molecular weight excluding hydrogens is 634 g/mol. The van der Waals surface area contributed by atoms with E-state index in [4.69, 9.17) is 0 Å². The van der Waals surface area contributed by atoms with Gasteiger partial charge in [-0.15, -0.1) is 0 Å². The molecule has 0 unspecified atom stereocenters. The molecule has 3 aromatic rings. The third-order valence-electron chi connectivity index (χ3n) is 8.66. The lowest BCUT2D eigenvalue weighted by Gasteiger charge is -2.25. The first-order valence-electron chi connectivity index (χ1n) is 17.6. The van der Waals surface area contributed by atoms with Gasteiger partial charge in [-0.3, -0.25) is 28.7 Å². The van der Waals surface area contributed by atoms with Crippen molar-refractivity contribution < 1.29 is 24.0 Å². The molecule has 3 atom stereocenters. The van der Waals surface area contributed by atoms with Gasteiger partial charge in [-0.25, -0.2) is 0 Å². The van der Waals surface area contributed by atoms with Crippen molar-refractivity contribution in [2.24, 2.45) is 5.92 Å². The van der Waals surface area contributed by atoms with Gasteiger partial charge in [0.2, 0.25) is 17.7 Å². The number of fused-ring (bicyclic) bond motifs is 18. The molecule has 4 N–H and O–H groups in total. The lowest BCUT2D eigenvalue weighted by atomic mass is 10.0. The average molecular weight is 686 g/mol. The first-order valence-corrected chi connectivity index (χ1v) is 17.6. The first-order chi connectivity index (χ1) is 23.9. The quantitative estimate of drug-likeness (QED) is 0.279. The number of hydrogen-bond acceptors (Lipinski definition) is 6. The molecular formula is C38H51N7O5. The number of carbonyl (C=O) groups excluding carboxylic acids is 5. The molecule has 5 rings (SSSR count). The minimum Gasteiger partial charge on any atom is -0.354 e. The highest BCUT2D eigenvalue weighted by atomic mass is 16.2. The molecule has 268 valence electrons. The van der Waals surface area contributed by atoms with Gasteiger partial charge in [0, 0.05) is 44.4 Å². The van der Waals surface area contributed by atoms with Crippen LogP contribution in [0.15, 0.2) is 60.8 Å². The van der Waals surface area contributed by atoms with Crippen molar-refractivity contribution in [2.45, 2.75) is 97.9 Å². The molecule has 5 amide bonds. The first kappa shape index (κ1) is 37.8. The van der Waals surface area contributed by atoms with Crippen LogP contribution in [-0.2, 0) is 33.9 Å². The monoisotopic (exact) mass is 685 g/mol. The van der Waals surface area contributed by atoms with Gasteiger partial charge < -0.3 is 26.2 Å². The highest BCUT2D eigenvalue weighted by molar-refractivity contribution is 5.99. The zero-order valence-corrected chi connectivity index (χ0v) is 29.8. The SMILES string of the molecule is CCCn1cc(C(=O)N2CCCCNC(=O)[C@@H](C)NC(=O)[C@H](CC(C)C)NC(=O)[C@@H](Cc3ccccc3)NC(=O)c3ccc(cc3)C2)c(C)n1. The fourth-order valence-electron chi connectivity index (χ4n) is 5.92. The zero-order chi connectivity index (χ0) is 36.2. The van der Waals surface area contributed by atoms with Gasteiger partial charge in [-0.2, -0.15) is 5.10 Å². The third kappa shape index (κ3) is 10.8. The maximum absolute atomic E-state index is 13.8. The summed E-state index contributed by atoms with van der Waals surface area (Å²) in [5.41, 5.74) is 3.22. The van der Waals surface area contributed by atoms with E-state index in [9.17, 15) is 24.0 Å². The summed E-state index contributed by atoms with van der Waals surface area (Å²) in [6, 6.07) is 13.6. The van der Waals surface area contributed by atoms with Crippen LogP contribution in [0.1, 0.15) is 90.9 Å². The van der Waals surface area contributed by atoms with Crippen molar-refractivity contribution >= 4 is 29.5 Å². The number of nitrogens with one attached hydrogen (secondary N) is 4. The number of aromatic nitrogens is 2. The third-order valence-corrected chi connectivity index (χ3v) is 8.66. The molecule has 12 nitrogen and oxygen atoms in total. The summed E-state index contributed by atoms with van der Waals surface area (Å²) in [4.78, 5) is 69.3. The highest BCUT2D eigenvalue weighted by Gasteiger charge is 2.30. The molecule has 0 fully saturated rings. The van der Waals surface area contributed by atoms with Gasteiger partial charge >= 0.3 is 0 Å². The lowest BCUT2D eigenvalue weighted by molar-refractivity contribution is -0.132. The van der Waals surface area contributed by atoms with E-state index in [1.54, 1.807) is 34.8 Å². The van der Waals surface area contributed by atoms with Gasteiger partial charge in [-0.05, 0) is 68.7 Å². The molecule has 0 saturated carbocycles. The molecule has 2 aliphatic heterocycles. The van der Waals surface area contributed by atoms with Crippen LogP contribution in [0.25, 0.3) is 0 Å². The Hall–Kier alpha value is -5.00. The van der Waals surface area contributed by atoms with E-state index in [1.165, 1.54) is 0 Å². The Morgan fingerprint density at radius 1 is 0.900 bits per heavy atom. The minimum atomic E-state index is -0.980. The topological polar surface area (TPSA) is 155 Å². The summed E-state index contributed by atoms with van der Waals surface area (Å²) in [5.74, 6) is -1.85. The summed E-state index contributed by atoms with van der Waals surface area (Å²) in [6.07, 6.45) is 4.46. The van der Waals surface area contributed by atoms with Crippen molar-refractivity contribution in [1.82, 2.24) is 35.9 Å². The molecule has 1 aromatic heterocycles. The summed E-state index contributed by atoms with van der Waals surface area (Å²) in [7, 11) is 0. The van der Waals surface area contributed by atoms with E-state index < -0.39 is 35.8 Å². The van der Waals surface area contributed by atoms with Crippen molar-refractivity contribution in [2.75, 3.05) is 13.1 Å². The van der Waals surface area contributed by atoms with E-state index >= 15 is 0 Å². The molecule has 0 aliphatic carbocycles.